The average molecular weight is 355 g/mol. The molecule has 1 aliphatic carbocycles. The molecule has 26 heavy (non-hydrogen) atoms. The van der Waals surface area contributed by atoms with Crippen LogP contribution in [0.3, 0.4) is 0 Å². The van der Waals surface area contributed by atoms with Gasteiger partial charge in [-0.3, -0.25) is 9.48 Å². The molecule has 1 amide bonds. The second-order valence-electron chi connectivity index (χ2n) is 7.30. The lowest BCUT2D eigenvalue weighted by atomic mass is 10.1. The van der Waals surface area contributed by atoms with Crippen LogP contribution in [0.25, 0.3) is 0 Å². The standard InChI is InChI=1S/C20H25N3O3/c1-13(2)12-23-18(15-7-8-15)17(11-22-23)19(24)21-10-9-14-3-5-16(6-4-14)20(25)26/h3-6,11,13,15H,7-10,12H2,1-2H3,(H,21,24)(H,25,26). The van der Waals surface area contributed by atoms with Crippen molar-refractivity contribution in [3.63, 3.8) is 0 Å². The smallest absolute Gasteiger partial charge is 0.335 e. The Morgan fingerprint density at radius 2 is 1.96 bits per heavy atom. The fraction of sp³-hybridized carbons (Fsp3) is 0.450. The van der Waals surface area contributed by atoms with E-state index in [0.717, 1.165) is 30.6 Å². The largest absolute Gasteiger partial charge is 0.478 e. The van der Waals surface area contributed by atoms with Gasteiger partial charge in [-0.05, 0) is 42.9 Å². The molecule has 1 aromatic heterocycles. The number of hydrogen-bond acceptors (Lipinski definition) is 3. The van der Waals surface area contributed by atoms with Crippen LogP contribution in [0.1, 0.15) is 64.6 Å². The Labute approximate surface area is 153 Å². The highest BCUT2D eigenvalue weighted by molar-refractivity contribution is 5.95. The summed E-state index contributed by atoms with van der Waals surface area (Å²) in [4.78, 5) is 23.5. The van der Waals surface area contributed by atoms with E-state index in [9.17, 15) is 9.59 Å². The predicted octanol–water partition coefficient (Wildman–Crippen LogP) is 3.09. The number of amides is 1. The van der Waals surface area contributed by atoms with Crippen LogP contribution in [0.15, 0.2) is 30.5 Å². The molecule has 0 unspecified atom stereocenters. The minimum atomic E-state index is -0.934. The van der Waals surface area contributed by atoms with E-state index in [2.05, 4.69) is 24.3 Å². The quantitative estimate of drug-likeness (QED) is 0.762. The van der Waals surface area contributed by atoms with Crippen LogP contribution in [0.4, 0.5) is 0 Å². The third-order valence-electron chi connectivity index (χ3n) is 4.53. The molecule has 1 saturated carbocycles. The van der Waals surface area contributed by atoms with Gasteiger partial charge in [0.05, 0.1) is 23.0 Å². The lowest BCUT2D eigenvalue weighted by molar-refractivity contribution is 0.0696. The third kappa shape index (κ3) is 4.31. The Kier molecular flexibility index (Phi) is 5.40. The Morgan fingerprint density at radius 3 is 2.54 bits per heavy atom. The molecule has 1 heterocycles. The average Bonchev–Trinajstić information content (AvgIpc) is 3.35. The number of benzene rings is 1. The molecule has 0 atom stereocenters. The molecule has 0 bridgehead atoms. The number of nitrogens with zero attached hydrogens (tertiary/aromatic N) is 2. The lowest BCUT2D eigenvalue weighted by Crippen LogP contribution is -2.26. The molecule has 2 N–H and O–H groups in total. The van der Waals surface area contributed by atoms with E-state index in [1.54, 1.807) is 30.5 Å². The molecule has 6 heteroatoms. The Morgan fingerprint density at radius 1 is 1.27 bits per heavy atom. The van der Waals surface area contributed by atoms with E-state index in [0.29, 0.717) is 30.4 Å². The lowest BCUT2D eigenvalue weighted by Gasteiger charge is -2.11. The van der Waals surface area contributed by atoms with Gasteiger partial charge in [-0.15, -0.1) is 0 Å². The number of carbonyl (C=O) groups is 2. The summed E-state index contributed by atoms with van der Waals surface area (Å²) >= 11 is 0. The van der Waals surface area contributed by atoms with Crippen LogP contribution in [-0.2, 0) is 13.0 Å². The van der Waals surface area contributed by atoms with Crippen molar-refractivity contribution in [2.45, 2.75) is 45.6 Å². The summed E-state index contributed by atoms with van der Waals surface area (Å²) in [6.45, 7) is 5.63. The highest BCUT2D eigenvalue weighted by atomic mass is 16.4. The summed E-state index contributed by atoms with van der Waals surface area (Å²) < 4.78 is 1.99. The van der Waals surface area contributed by atoms with Crippen molar-refractivity contribution >= 4 is 11.9 Å². The maximum atomic E-state index is 12.6. The molecule has 6 nitrogen and oxygen atoms in total. The molecule has 0 radical (unpaired) electrons. The van der Waals surface area contributed by atoms with Crippen molar-refractivity contribution < 1.29 is 14.7 Å². The van der Waals surface area contributed by atoms with Crippen LogP contribution in [0.5, 0.6) is 0 Å². The SMILES string of the molecule is CC(C)Cn1ncc(C(=O)NCCc2ccc(C(=O)O)cc2)c1C1CC1. The number of carbonyl (C=O) groups excluding carboxylic acids is 1. The van der Waals surface area contributed by atoms with Crippen LogP contribution >= 0.6 is 0 Å². The van der Waals surface area contributed by atoms with Gasteiger partial charge in [0.2, 0.25) is 0 Å². The highest BCUT2D eigenvalue weighted by Crippen LogP contribution is 2.41. The van der Waals surface area contributed by atoms with Gasteiger partial charge in [0.15, 0.2) is 0 Å². The maximum Gasteiger partial charge on any atom is 0.335 e. The predicted molar refractivity (Wildman–Crippen MR) is 98.5 cm³/mol. The minimum Gasteiger partial charge on any atom is -0.478 e. The second-order valence-corrected chi connectivity index (χ2v) is 7.30. The zero-order chi connectivity index (χ0) is 18.7. The Balaban J connectivity index is 1.60. The first-order chi connectivity index (χ1) is 12.5. The van der Waals surface area contributed by atoms with E-state index in [-0.39, 0.29) is 11.5 Å². The van der Waals surface area contributed by atoms with Gasteiger partial charge >= 0.3 is 5.97 Å². The Bertz CT molecular complexity index is 789. The number of aromatic carboxylic acids is 1. The molecule has 1 fully saturated rings. The molecule has 1 aliphatic rings. The molecule has 1 aromatic carbocycles. The van der Waals surface area contributed by atoms with Crippen LogP contribution < -0.4 is 5.32 Å². The molecule has 3 rings (SSSR count). The third-order valence-corrected chi connectivity index (χ3v) is 4.53. The molecule has 138 valence electrons. The minimum absolute atomic E-state index is 0.0796. The second kappa shape index (κ2) is 7.72. The maximum absolute atomic E-state index is 12.6. The zero-order valence-electron chi connectivity index (χ0n) is 15.2. The van der Waals surface area contributed by atoms with Gasteiger partial charge in [0.25, 0.3) is 5.91 Å². The summed E-state index contributed by atoms with van der Waals surface area (Å²) in [6.07, 6.45) is 4.59. The van der Waals surface area contributed by atoms with Crippen molar-refractivity contribution in [1.29, 1.82) is 0 Å². The highest BCUT2D eigenvalue weighted by Gasteiger charge is 2.32. The first-order valence-corrected chi connectivity index (χ1v) is 9.12. The first-order valence-electron chi connectivity index (χ1n) is 9.12. The number of rotatable bonds is 8. The van der Waals surface area contributed by atoms with Crippen LogP contribution in [0.2, 0.25) is 0 Å². The van der Waals surface area contributed by atoms with Crippen molar-refractivity contribution in [1.82, 2.24) is 15.1 Å². The van der Waals surface area contributed by atoms with Gasteiger partial charge in [0.1, 0.15) is 0 Å². The Hall–Kier alpha value is -2.63. The topological polar surface area (TPSA) is 84.2 Å². The van der Waals surface area contributed by atoms with E-state index in [4.69, 9.17) is 5.11 Å². The molecule has 0 saturated heterocycles. The summed E-state index contributed by atoms with van der Waals surface area (Å²) in [6, 6.07) is 6.74. The van der Waals surface area contributed by atoms with Gasteiger partial charge in [-0.1, -0.05) is 26.0 Å². The first kappa shape index (κ1) is 18.2. The number of hydrogen-bond donors (Lipinski definition) is 2. The van der Waals surface area contributed by atoms with Crippen molar-refractivity contribution in [3.8, 4) is 0 Å². The van der Waals surface area contributed by atoms with Crippen molar-refractivity contribution in [2.24, 2.45) is 5.92 Å². The van der Waals surface area contributed by atoms with Crippen molar-refractivity contribution in [2.75, 3.05) is 6.54 Å². The summed E-state index contributed by atoms with van der Waals surface area (Å²) in [5.74, 6) is -0.0717. The number of carboxylic acid groups (broad SMARTS) is 1. The molecule has 0 spiro atoms. The number of carboxylic acids is 1. The monoisotopic (exact) mass is 355 g/mol. The molecule has 2 aromatic rings. The van der Waals surface area contributed by atoms with Crippen LogP contribution in [-0.4, -0.2) is 33.3 Å². The van der Waals surface area contributed by atoms with Crippen molar-refractivity contribution in [3.05, 3.63) is 52.8 Å². The van der Waals surface area contributed by atoms with E-state index < -0.39 is 5.97 Å². The fourth-order valence-corrected chi connectivity index (χ4v) is 3.08. The number of nitrogens with one attached hydrogen (secondary N) is 1. The van der Waals surface area contributed by atoms with Crippen LogP contribution in [0, 0.1) is 5.92 Å². The molecular formula is C20H25N3O3. The van der Waals surface area contributed by atoms with E-state index in [1.807, 2.05) is 4.68 Å². The van der Waals surface area contributed by atoms with Gasteiger partial charge < -0.3 is 10.4 Å². The van der Waals surface area contributed by atoms with Gasteiger partial charge in [0, 0.05) is 19.0 Å². The summed E-state index contributed by atoms with van der Waals surface area (Å²) in [5.41, 5.74) is 3.02. The zero-order valence-corrected chi connectivity index (χ0v) is 15.2. The van der Waals surface area contributed by atoms with E-state index >= 15 is 0 Å². The summed E-state index contributed by atoms with van der Waals surface area (Å²) in [5, 5.41) is 16.3. The fourth-order valence-electron chi connectivity index (χ4n) is 3.08. The molecule has 0 aliphatic heterocycles. The number of aromatic nitrogens is 2. The summed E-state index contributed by atoms with van der Waals surface area (Å²) in [7, 11) is 0. The van der Waals surface area contributed by atoms with E-state index in [1.165, 1.54) is 0 Å². The molecular weight excluding hydrogens is 330 g/mol. The normalized spacial score (nSPS) is 13.8. The van der Waals surface area contributed by atoms with Gasteiger partial charge in [-0.2, -0.15) is 5.10 Å². The van der Waals surface area contributed by atoms with Gasteiger partial charge in [-0.25, -0.2) is 4.79 Å².